The number of halogens is 2. The Hall–Kier alpha value is -0.910. The van der Waals surface area contributed by atoms with E-state index in [1.165, 1.54) is 0 Å². The molecule has 0 aromatic carbocycles. The highest BCUT2D eigenvalue weighted by atomic mass is 19.3. The van der Waals surface area contributed by atoms with Crippen LogP contribution in [0, 0.1) is 0 Å². The summed E-state index contributed by atoms with van der Waals surface area (Å²) in [5, 5.41) is 10.9. The van der Waals surface area contributed by atoms with Gasteiger partial charge in [0.2, 0.25) is 0 Å². The van der Waals surface area contributed by atoms with Crippen molar-refractivity contribution >= 4 is 6.09 Å². The molecule has 0 radical (unpaired) electrons. The lowest BCUT2D eigenvalue weighted by molar-refractivity contribution is -0.164. The van der Waals surface area contributed by atoms with Crippen molar-refractivity contribution in [2.75, 3.05) is 6.61 Å². The highest BCUT2D eigenvalue weighted by Gasteiger charge is 2.59. The zero-order valence-electron chi connectivity index (χ0n) is 8.84. The molecule has 2 aliphatic rings. The maximum atomic E-state index is 13.6. The van der Waals surface area contributed by atoms with E-state index in [2.05, 4.69) is 5.32 Å². The maximum absolute atomic E-state index is 13.6. The van der Waals surface area contributed by atoms with Gasteiger partial charge in [-0.3, -0.25) is 0 Å². The highest BCUT2D eigenvalue weighted by molar-refractivity contribution is 5.64. The number of hydrogen-bond donors (Lipinski definition) is 2. The molecule has 2 rings (SSSR count). The van der Waals surface area contributed by atoms with Gasteiger partial charge in [-0.1, -0.05) is 0 Å². The summed E-state index contributed by atoms with van der Waals surface area (Å²) in [5.74, 6) is -2.76. The Kier molecular flexibility index (Phi) is 2.77. The van der Waals surface area contributed by atoms with Crippen molar-refractivity contribution in [3.8, 4) is 0 Å². The number of amides is 1. The predicted molar refractivity (Wildman–Crippen MR) is 51.7 cm³/mol. The molecule has 2 N–H and O–H groups in total. The Bertz CT molecular complexity index is 288. The molecule has 1 saturated carbocycles. The van der Waals surface area contributed by atoms with Crippen molar-refractivity contribution in [1.82, 2.24) is 5.32 Å². The summed E-state index contributed by atoms with van der Waals surface area (Å²) in [6, 6.07) is -0.219. The average Bonchev–Trinajstić information content (AvgIpc) is 2.46. The number of carbonyl (C=O) groups is 1. The Morgan fingerprint density at radius 2 is 1.94 bits per heavy atom. The van der Waals surface area contributed by atoms with Gasteiger partial charge in [0.05, 0.1) is 6.61 Å². The molecule has 1 amide bonds. The van der Waals surface area contributed by atoms with Gasteiger partial charge in [0.25, 0.3) is 5.92 Å². The number of alkyl halides is 2. The first-order chi connectivity index (χ1) is 7.45. The summed E-state index contributed by atoms with van der Waals surface area (Å²) >= 11 is 0. The fraction of sp³-hybridized carbons (Fsp3) is 0.900. The fourth-order valence-corrected chi connectivity index (χ4v) is 2.62. The second-order valence-corrected chi connectivity index (χ2v) is 4.52. The summed E-state index contributed by atoms with van der Waals surface area (Å²) in [4.78, 5) is 10.4. The highest BCUT2D eigenvalue weighted by Crippen LogP contribution is 2.49. The first-order valence-corrected chi connectivity index (χ1v) is 5.46. The van der Waals surface area contributed by atoms with Gasteiger partial charge in [-0.05, 0) is 25.7 Å². The lowest BCUT2D eigenvalue weighted by Crippen LogP contribution is -2.50. The van der Waals surface area contributed by atoms with E-state index in [0.29, 0.717) is 12.8 Å². The van der Waals surface area contributed by atoms with Crippen LogP contribution < -0.4 is 5.32 Å². The molecule has 6 heteroatoms. The molecule has 1 aliphatic carbocycles. The van der Waals surface area contributed by atoms with Crippen molar-refractivity contribution in [3.63, 3.8) is 0 Å². The Labute approximate surface area is 92.0 Å². The molecule has 2 fully saturated rings. The average molecular weight is 235 g/mol. The quantitative estimate of drug-likeness (QED) is 0.730. The number of ether oxygens (including phenoxy) is 1. The Morgan fingerprint density at radius 3 is 2.38 bits per heavy atom. The Balaban J connectivity index is 1.96. The molecule has 0 aromatic heterocycles. The van der Waals surface area contributed by atoms with E-state index in [4.69, 9.17) is 9.84 Å². The molecular formula is C10H15F2NO3. The molecule has 1 aliphatic heterocycles. The van der Waals surface area contributed by atoms with Crippen molar-refractivity contribution in [1.29, 1.82) is 0 Å². The van der Waals surface area contributed by atoms with Gasteiger partial charge in [0, 0.05) is 12.5 Å². The van der Waals surface area contributed by atoms with Crippen molar-refractivity contribution in [3.05, 3.63) is 0 Å². The lowest BCUT2D eigenvalue weighted by atomic mass is 9.78. The lowest BCUT2D eigenvalue weighted by Gasteiger charge is -2.39. The molecular weight excluding hydrogens is 220 g/mol. The van der Waals surface area contributed by atoms with Crippen LogP contribution in [-0.2, 0) is 4.74 Å². The zero-order chi connectivity index (χ0) is 11.8. The largest absolute Gasteiger partial charge is 0.465 e. The maximum Gasteiger partial charge on any atom is 0.404 e. The van der Waals surface area contributed by atoms with Crippen LogP contribution in [0.2, 0.25) is 0 Å². The predicted octanol–water partition coefficient (Wildman–Crippen LogP) is 1.99. The molecule has 1 saturated heterocycles. The molecule has 4 nitrogen and oxygen atoms in total. The van der Waals surface area contributed by atoms with E-state index in [1.54, 1.807) is 0 Å². The fourth-order valence-electron chi connectivity index (χ4n) is 2.62. The third-order valence-corrected chi connectivity index (χ3v) is 3.58. The Morgan fingerprint density at radius 1 is 1.31 bits per heavy atom. The minimum absolute atomic E-state index is 0.101. The van der Waals surface area contributed by atoms with Gasteiger partial charge in [-0.15, -0.1) is 0 Å². The van der Waals surface area contributed by atoms with Crippen LogP contribution in [0.3, 0.4) is 0 Å². The van der Waals surface area contributed by atoms with Gasteiger partial charge < -0.3 is 15.2 Å². The van der Waals surface area contributed by atoms with Gasteiger partial charge in [0.1, 0.15) is 5.60 Å². The standard InChI is InChI=1S/C10H15F2NO3/c11-10(12)5-6-16-9(10)3-1-7(2-4-9)13-8(14)15/h7,13H,1-6H2,(H,14,15). The van der Waals surface area contributed by atoms with E-state index >= 15 is 0 Å². The summed E-state index contributed by atoms with van der Waals surface area (Å²) in [6.45, 7) is 0.101. The van der Waals surface area contributed by atoms with Crippen LogP contribution in [0.1, 0.15) is 32.1 Å². The van der Waals surface area contributed by atoms with E-state index in [0.717, 1.165) is 0 Å². The second kappa shape index (κ2) is 3.84. The molecule has 1 heterocycles. The molecule has 16 heavy (non-hydrogen) atoms. The SMILES string of the molecule is O=C(O)NC1CCC2(CC1)OCCC2(F)F. The van der Waals surface area contributed by atoms with Crippen LogP contribution in [0.25, 0.3) is 0 Å². The van der Waals surface area contributed by atoms with Crippen molar-refractivity contribution in [2.45, 2.75) is 49.7 Å². The second-order valence-electron chi connectivity index (χ2n) is 4.52. The van der Waals surface area contributed by atoms with Crippen molar-refractivity contribution in [2.24, 2.45) is 0 Å². The summed E-state index contributed by atoms with van der Waals surface area (Å²) in [6.07, 6.45) is -0.0241. The molecule has 92 valence electrons. The van der Waals surface area contributed by atoms with Crippen LogP contribution in [0.5, 0.6) is 0 Å². The van der Waals surface area contributed by atoms with Crippen LogP contribution in [0.4, 0.5) is 13.6 Å². The number of nitrogens with one attached hydrogen (secondary N) is 1. The number of hydrogen-bond acceptors (Lipinski definition) is 2. The molecule has 0 atom stereocenters. The first kappa shape index (κ1) is 11.6. The van der Waals surface area contributed by atoms with E-state index in [9.17, 15) is 13.6 Å². The number of rotatable bonds is 1. The topological polar surface area (TPSA) is 58.6 Å². The first-order valence-electron chi connectivity index (χ1n) is 5.46. The van der Waals surface area contributed by atoms with E-state index in [1.807, 2.05) is 0 Å². The molecule has 0 aromatic rings. The normalized spacial score (nSPS) is 37.5. The molecule has 1 spiro atoms. The van der Waals surface area contributed by atoms with Crippen LogP contribution in [-0.4, -0.2) is 35.4 Å². The molecule has 0 bridgehead atoms. The minimum Gasteiger partial charge on any atom is -0.465 e. The van der Waals surface area contributed by atoms with Gasteiger partial charge >= 0.3 is 6.09 Å². The zero-order valence-corrected chi connectivity index (χ0v) is 8.84. The van der Waals surface area contributed by atoms with Gasteiger partial charge in [0.15, 0.2) is 0 Å². The summed E-state index contributed by atoms with van der Waals surface area (Å²) < 4.78 is 32.5. The summed E-state index contributed by atoms with van der Waals surface area (Å²) in [7, 11) is 0. The van der Waals surface area contributed by atoms with Crippen LogP contribution in [0.15, 0.2) is 0 Å². The summed E-state index contributed by atoms with van der Waals surface area (Å²) in [5.41, 5.74) is -1.33. The van der Waals surface area contributed by atoms with Crippen LogP contribution >= 0.6 is 0 Å². The van der Waals surface area contributed by atoms with Gasteiger partial charge in [-0.2, -0.15) is 0 Å². The van der Waals surface area contributed by atoms with Crippen molar-refractivity contribution < 1.29 is 23.4 Å². The molecule has 0 unspecified atom stereocenters. The third kappa shape index (κ3) is 1.86. The third-order valence-electron chi connectivity index (χ3n) is 3.58. The minimum atomic E-state index is -2.76. The van der Waals surface area contributed by atoms with E-state index < -0.39 is 17.6 Å². The smallest absolute Gasteiger partial charge is 0.404 e. The van der Waals surface area contributed by atoms with E-state index in [-0.39, 0.29) is 31.9 Å². The van der Waals surface area contributed by atoms with Gasteiger partial charge in [-0.25, -0.2) is 13.6 Å². The monoisotopic (exact) mass is 235 g/mol. The number of carboxylic acid groups (broad SMARTS) is 1.